The molecule has 1 unspecified atom stereocenters. The highest BCUT2D eigenvalue weighted by molar-refractivity contribution is 9.11. The standard InChI is InChI=1S/C13H14BrN3OS2.ClH/c14-11-4-3-10(20-11)13-17-9(6-19-13)12(18)16-5-8(15)7-1-2-7;/h3-4,6-8H,1-2,5,15H2,(H,16,18);1H. The van der Waals surface area contributed by atoms with Crippen molar-refractivity contribution in [3.63, 3.8) is 0 Å². The molecule has 1 aliphatic carbocycles. The van der Waals surface area contributed by atoms with Crippen LogP contribution in [-0.4, -0.2) is 23.5 Å². The van der Waals surface area contributed by atoms with Gasteiger partial charge < -0.3 is 11.1 Å². The fourth-order valence-electron chi connectivity index (χ4n) is 1.91. The van der Waals surface area contributed by atoms with E-state index < -0.39 is 0 Å². The number of nitrogens with one attached hydrogen (secondary N) is 1. The number of rotatable bonds is 5. The third-order valence-electron chi connectivity index (χ3n) is 3.25. The van der Waals surface area contributed by atoms with Crippen LogP contribution in [0.1, 0.15) is 23.3 Å². The number of halogens is 2. The second-order valence-corrected chi connectivity index (χ2v) is 8.17. The fourth-order valence-corrected chi connectivity index (χ4v) is 4.17. The quantitative estimate of drug-likeness (QED) is 0.795. The van der Waals surface area contributed by atoms with E-state index in [-0.39, 0.29) is 24.4 Å². The van der Waals surface area contributed by atoms with Crippen LogP contribution in [0.3, 0.4) is 0 Å². The van der Waals surface area contributed by atoms with Crippen LogP contribution in [0.15, 0.2) is 21.3 Å². The van der Waals surface area contributed by atoms with Crippen LogP contribution in [-0.2, 0) is 0 Å². The molecule has 0 spiro atoms. The van der Waals surface area contributed by atoms with Crippen LogP contribution in [0, 0.1) is 5.92 Å². The molecule has 3 rings (SSSR count). The Morgan fingerprint density at radius 3 is 2.90 bits per heavy atom. The summed E-state index contributed by atoms with van der Waals surface area (Å²) in [6, 6.07) is 4.05. The van der Waals surface area contributed by atoms with Crippen molar-refractivity contribution in [2.75, 3.05) is 6.54 Å². The molecule has 1 amide bonds. The molecule has 1 atom stereocenters. The minimum Gasteiger partial charge on any atom is -0.349 e. The Kier molecular flexibility index (Phi) is 5.79. The molecule has 4 nitrogen and oxygen atoms in total. The lowest BCUT2D eigenvalue weighted by Gasteiger charge is -2.10. The molecule has 0 bridgehead atoms. The van der Waals surface area contributed by atoms with Gasteiger partial charge >= 0.3 is 0 Å². The number of carbonyl (C=O) groups is 1. The molecule has 2 aromatic heterocycles. The topological polar surface area (TPSA) is 68.0 Å². The summed E-state index contributed by atoms with van der Waals surface area (Å²) in [5.74, 6) is 0.448. The van der Waals surface area contributed by atoms with Crippen molar-refractivity contribution >= 4 is 56.9 Å². The second-order valence-electron chi connectivity index (χ2n) is 4.85. The molecule has 0 aliphatic heterocycles. The second kappa shape index (κ2) is 7.19. The number of thiazole rings is 1. The zero-order chi connectivity index (χ0) is 14.1. The van der Waals surface area contributed by atoms with Gasteiger partial charge in [0.15, 0.2) is 0 Å². The van der Waals surface area contributed by atoms with Crippen LogP contribution in [0.2, 0.25) is 0 Å². The predicted molar refractivity (Wildman–Crippen MR) is 93.4 cm³/mol. The van der Waals surface area contributed by atoms with Gasteiger partial charge in [0.25, 0.3) is 5.91 Å². The lowest BCUT2D eigenvalue weighted by Crippen LogP contribution is -2.38. The Hall–Kier alpha value is -0.470. The Morgan fingerprint density at radius 1 is 1.52 bits per heavy atom. The molecule has 21 heavy (non-hydrogen) atoms. The van der Waals surface area contributed by atoms with Crippen molar-refractivity contribution in [1.29, 1.82) is 0 Å². The van der Waals surface area contributed by atoms with Crippen LogP contribution in [0.4, 0.5) is 0 Å². The van der Waals surface area contributed by atoms with Crippen LogP contribution >= 0.6 is 51.0 Å². The Labute approximate surface area is 145 Å². The summed E-state index contributed by atoms with van der Waals surface area (Å²) in [5, 5.41) is 5.53. The van der Waals surface area contributed by atoms with Gasteiger partial charge in [-0.25, -0.2) is 4.98 Å². The smallest absolute Gasteiger partial charge is 0.270 e. The van der Waals surface area contributed by atoms with Gasteiger partial charge in [-0.15, -0.1) is 35.1 Å². The first-order valence-corrected chi connectivity index (χ1v) is 8.87. The van der Waals surface area contributed by atoms with E-state index in [0.29, 0.717) is 18.2 Å². The summed E-state index contributed by atoms with van der Waals surface area (Å²) in [6.07, 6.45) is 2.37. The average molecular weight is 409 g/mol. The van der Waals surface area contributed by atoms with Crippen LogP contribution in [0.25, 0.3) is 9.88 Å². The average Bonchev–Trinajstić information content (AvgIpc) is 3.01. The molecule has 0 radical (unpaired) electrons. The summed E-state index contributed by atoms with van der Waals surface area (Å²) >= 11 is 6.52. The lowest BCUT2D eigenvalue weighted by molar-refractivity contribution is 0.0946. The largest absolute Gasteiger partial charge is 0.349 e. The molecule has 2 aromatic rings. The number of nitrogens with two attached hydrogens (primary N) is 1. The maximum atomic E-state index is 12.0. The van der Waals surface area contributed by atoms with E-state index in [9.17, 15) is 4.79 Å². The van der Waals surface area contributed by atoms with Crippen LogP contribution in [0.5, 0.6) is 0 Å². The molecule has 1 aliphatic rings. The Balaban J connectivity index is 0.00000161. The molecular weight excluding hydrogens is 394 g/mol. The van der Waals surface area contributed by atoms with Gasteiger partial charge in [0.1, 0.15) is 10.7 Å². The fraction of sp³-hybridized carbons (Fsp3) is 0.385. The van der Waals surface area contributed by atoms with Gasteiger partial charge in [0.2, 0.25) is 0 Å². The number of hydrogen-bond acceptors (Lipinski definition) is 5. The molecule has 8 heteroatoms. The molecule has 0 saturated heterocycles. The predicted octanol–water partition coefficient (Wildman–Crippen LogP) is 3.52. The lowest BCUT2D eigenvalue weighted by atomic mass is 10.2. The maximum Gasteiger partial charge on any atom is 0.270 e. The number of hydrogen-bond donors (Lipinski definition) is 2. The molecule has 1 fully saturated rings. The van der Waals surface area contributed by atoms with Gasteiger partial charge in [0, 0.05) is 18.0 Å². The summed E-state index contributed by atoms with van der Waals surface area (Å²) in [4.78, 5) is 17.5. The van der Waals surface area contributed by atoms with Crippen molar-refractivity contribution in [3.05, 3.63) is 27.0 Å². The first kappa shape index (κ1) is 16.9. The normalized spacial score (nSPS) is 15.3. The summed E-state index contributed by atoms with van der Waals surface area (Å²) in [7, 11) is 0. The van der Waals surface area contributed by atoms with Gasteiger partial charge in [0.05, 0.1) is 8.66 Å². The summed E-state index contributed by atoms with van der Waals surface area (Å²) in [6.45, 7) is 0.529. The third-order valence-corrected chi connectivity index (χ3v) is 5.88. The van der Waals surface area contributed by atoms with E-state index >= 15 is 0 Å². The molecule has 0 aromatic carbocycles. The number of nitrogens with zero attached hydrogens (tertiary/aromatic N) is 1. The van der Waals surface area contributed by atoms with E-state index in [1.807, 2.05) is 12.1 Å². The van der Waals surface area contributed by atoms with Gasteiger partial charge in [-0.3, -0.25) is 4.79 Å². The van der Waals surface area contributed by atoms with Crippen molar-refractivity contribution in [1.82, 2.24) is 10.3 Å². The third kappa shape index (κ3) is 4.26. The summed E-state index contributed by atoms with van der Waals surface area (Å²) in [5.41, 5.74) is 6.44. The van der Waals surface area contributed by atoms with Gasteiger partial charge in [-0.2, -0.15) is 0 Å². The highest BCUT2D eigenvalue weighted by atomic mass is 79.9. The van der Waals surface area contributed by atoms with E-state index in [4.69, 9.17) is 5.73 Å². The molecule has 1 saturated carbocycles. The minimum atomic E-state index is -0.140. The van der Waals surface area contributed by atoms with Crippen molar-refractivity contribution in [2.45, 2.75) is 18.9 Å². The minimum absolute atomic E-state index is 0. The number of amides is 1. The molecule has 3 N–H and O–H groups in total. The Bertz CT molecular complexity index is 626. The highest BCUT2D eigenvalue weighted by Gasteiger charge is 2.28. The van der Waals surface area contributed by atoms with Gasteiger partial charge in [-0.1, -0.05) is 0 Å². The Morgan fingerprint density at radius 2 is 2.29 bits per heavy atom. The van der Waals surface area contributed by atoms with Crippen molar-refractivity contribution in [2.24, 2.45) is 11.7 Å². The van der Waals surface area contributed by atoms with Crippen molar-refractivity contribution < 1.29 is 4.79 Å². The maximum absolute atomic E-state index is 12.0. The zero-order valence-electron chi connectivity index (χ0n) is 11.0. The molecule has 2 heterocycles. The van der Waals surface area contributed by atoms with Crippen molar-refractivity contribution in [3.8, 4) is 9.88 Å². The van der Waals surface area contributed by atoms with Crippen LogP contribution < -0.4 is 11.1 Å². The molecular formula is C13H15BrClN3OS2. The SMILES string of the molecule is Cl.NC(CNC(=O)c1csc(-c2ccc(Br)s2)n1)C1CC1. The van der Waals surface area contributed by atoms with E-state index in [1.54, 1.807) is 16.7 Å². The highest BCUT2D eigenvalue weighted by Crippen LogP contribution is 2.33. The zero-order valence-corrected chi connectivity index (χ0v) is 15.1. The van der Waals surface area contributed by atoms with E-state index in [2.05, 4.69) is 26.2 Å². The monoisotopic (exact) mass is 407 g/mol. The first-order chi connectivity index (χ1) is 9.63. The number of thiophene rings is 1. The first-order valence-electron chi connectivity index (χ1n) is 6.38. The van der Waals surface area contributed by atoms with Gasteiger partial charge in [-0.05, 0) is 46.8 Å². The summed E-state index contributed by atoms with van der Waals surface area (Å²) < 4.78 is 1.06. The molecule has 114 valence electrons. The number of aromatic nitrogens is 1. The van der Waals surface area contributed by atoms with E-state index in [1.165, 1.54) is 24.2 Å². The van der Waals surface area contributed by atoms with E-state index in [0.717, 1.165) is 13.7 Å². The number of carbonyl (C=O) groups excluding carboxylic acids is 1.